The third-order valence-corrected chi connectivity index (χ3v) is 2.67. The number of pyridine rings is 1. The molecule has 0 atom stereocenters. The minimum absolute atomic E-state index is 0.568. The fourth-order valence-corrected chi connectivity index (χ4v) is 1.45. The molecule has 1 heterocycles. The lowest BCUT2D eigenvalue weighted by Gasteiger charge is -2.21. The van der Waals surface area contributed by atoms with Crippen molar-refractivity contribution in [3.63, 3.8) is 0 Å². The smallest absolute Gasteiger partial charge is 0.132 e. The Balaban J connectivity index is 2.97. The first-order valence-electron chi connectivity index (χ1n) is 5.78. The lowest BCUT2D eigenvalue weighted by Crippen LogP contribution is -2.22. The Kier molecular flexibility index (Phi) is 4.66. The van der Waals surface area contributed by atoms with Gasteiger partial charge in [-0.15, -0.1) is 0 Å². The van der Waals surface area contributed by atoms with Gasteiger partial charge in [0.15, 0.2) is 0 Å². The van der Waals surface area contributed by atoms with E-state index < -0.39 is 0 Å². The molecular weight excluding hydrogens is 224 g/mol. The van der Waals surface area contributed by atoms with E-state index in [9.17, 15) is 0 Å². The largest absolute Gasteiger partial charge is 0.396 e. The summed E-state index contributed by atoms with van der Waals surface area (Å²) < 4.78 is 0. The number of hydrogen-bond donors (Lipinski definition) is 1. The summed E-state index contributed by atoms with van der Waals surface area (Å²) >= 11 is 0. The zero-order valence-corrected chi connectivity index (χ0v) is 11.4. The van der Waals surface area contributed by atoms with Crippen molar-refractivity contribution in [1.29, 1.82) is 0 Å². The summed E-state index contributed by atoms with van der Waals surface area (Å²) in [5, 5.41) is 0. The fraction of sp³-hybridized carbons (Fsp3) is 0.286. The zero-order valence-electron chi connectivity index (χ0n) is 11.4. The average molecular weight is 244 g/mol. The van der Waals surface area contributed by atoms with E-state index in [1.807, 2.05) is 51.0 Å². The summed E-state index contributed by atoms with van der Waals surface area (Å²) in [5.41, 5.74) is 9.14. The number of nitrogens with two attached hydrogens (primary N) is 1. The van der Waals surface area contributed by atoms with Crippen LogP contribution in [0.1, 0.15) is 19.4 Å². The Labute approximate surface area is 109 Å². The van der Waals surface area contributed by atoms with E-state index in [2.05, 4.69) is 16.6 Å². The summed E-state index contributed by atoms with van der Waals surface area (Å²) in [5.74, 6) is 0.807. The van der Waals surface area contributed by atoms with Crippen molar-refractivity contribution >= 4 is 12.0 Å². The lowest BCUT2D eigenvalue weighted by molar-refractivity contribution is 1.02. The first-order valence-corrected chi connectivity index (χ1v) is 5.78. The van der Waals surface area contributed by atoms with Gasteiger partial charge in [-0.1, -0.05) is 12.6 Å². The van der Waals surface area contributed by atoms with Crippen molar-refractivity contribution in [2.75, 3.05) is 11.9 Å². The second-order valence-corrected chi connectivity index (χ2v) is 4.09. The number of aromatic nitrogens is 1. The second kappa shape index (κ2) is 6.00. The van der Waals surface area contributed by atoms with E-state index >= 15 is 0 Å². The molecule has 0 bridgehead atoms. The van der Waals surface area contributed by atoms with Crippen molar-refractivity contribution in [1.82, 2.24) is 4.98 Å². The number of hydrogen-bond acceptors (Lipinski definition) is 4. The molecule has 18 heavy (non-hydrogen) atoms. The van der Waals surface area contributed by atoms with Crippen molar-refractivity contribution < 1.29 is 0 Å². The van der Waals surface area contributed by atoms with Gasteiger partial charge in [0.2, 0.25) is 0 Å². The van der Waals surface area contributed by atoms with Crippen LogP contribution in [0.3, 0.4) is 0 Å². The Bertz CT molecular complexity index is 483. The van der Waals surface area contributed by atoms with Crippen molar-refractivity contribution in [2.24, 2.45) is 10.7 Å². The van der Waals surface area contributed by atoms with Crippen LogP contribution in [0, 0.1) is 6.92 Å². The van der Waals surface area contributed by atoms with Crippen LogP contribution in [-0.2, 0) is 0 Å². The van der Waals surface area contributed by atoms with Gasteiger partial charge in [-0.05, 0) is 32.4 Å². The van der Waals surface area contributed by atoms with Gasteiger partial charge in [0, 0.05) is 19.5 Å². The van der Waals surface area contributed by atoms with Gasteiger partial charge in [0.1, 0.15) is 5.82 Å². The molecule has 4 nitrogen and oxygen atoms in total. The molecule has 0 aliphatic heterocycles. The van der Waals surface area contributed by atoms with Gasteiger partial charge in [-0.2, -0.15) is 0 Å². The third kappa shape index (κ3) is 3.20. The van der Waals surface area contributed by atoms with Gasteiger partial charge >= 0.3 is 0 Å². The minimum atomic E-state index is 0.568. The van der Waals surface area contributed by atoms with Crippen LogP contribution in [0.2, 0.25) is 0 Å². The second-order valence-electron chi connectivity index (χ2n) is 4.09. The molecule has 0 radical (unpaired) electrons. The Hall–Kier alpha value is -2.10. The van der Waals surface area contributed by atoms with Crippen molar-refractivity contribution in [3.05, 3.63) is 47.6 Å². The summed E-state index contributed by atoms with van der Waals surface area (Å²) in [7, 11) is 1.88. The molecule has 1 aromatic rings. The third-order valence-electron chi connectivity index (χ3n) is 2.67. The highest BCUT2D eigenvalue weighted by molar-refractivity contribution is 5.57. The van der Waals surface area contributed by atoms with Crippen LogP contribution in [0.25, 0.3) is 0 Å². The maximum Gasteiger partial charge on any atom is 0.132 e. The van der Waals surface area contributed by atoms with Crippen LogP contribution in [0.15, 0.2) is 47.0 Å². The van der Waals surface area contributed by atoms with Gasteiger partial charge in [0.25, 0.3) is 0 Å². The van der Waals surface area contributed by atoms with E-state index in [-0.39, 0.29) is 0 Å². The number of likely N-dealkylation sites (N-methyl/N-ethyl adjacent to an activating group) is 1. The van der Waals surface area contributed by atoms with E-state index in [0.717, 1.165) is 17.1 Å². The first kappa shape index (κ1) is 14.0. The molecular formula is C14H20N4. The van der Waals surface area contributed by atoms with Crippen LogP contribution in [0.4, 0.5) is 5.82 Å². The normalized spacial score (nSPS) is 12.4. The highest BCUT2D eigenvalue weighted by atomic mass is 15.2. The highest BCUT2D eigenvalue weighted by Gasteiger charge is 2.10. The zero-order chi connectivity index (χ0) is 13.7. The molecule has 0 aliphatic rings. The number of aryl methyl sites for hydroxylation is 1. The predicted octanol–water partition coefficient (Wildman–Crippen LogP) is 2.62. The van der Waals surface area contributed by atoms with E-state index in [1.54, 1.807) is 6.21 Å². The Morgan fingerprint density at radius 3 is 2.67 bits per heavy atom. The average Bonchev–Trinajstić information content (AvgIpc) is 2.37. The summed E-state index contributed by atoms with van der Waals surface area (Å²) in [6, 6.07) is 3.94. The predicted molar refractivity (Wildman–Crippen MR) is 77.6 cm³/mol. The molecule has 0 fully saturated rings. The molecule has 0 saturated heterocycles. The maximum atomic E-state index is 6.01. The summed E-state index contributed by atoms with van der Waals surface area (Å²) in [4.78, 5) is 10.3. The molecule has 0 aliphatic carbocycles. The van der Waals surface area contributed by atoms with Crippen LogP contribution >= 0.6 is 0 Å². The number of anilines is 1. The Morgan fingerprint density at radius 1 is 1.50 bits per heavy atom. The first-order chi connectivity index (χ1) is 8.47. The number of allylic oxidation sites excluding steroid dienone is 1. The van der Waals surface area contributed by atoms with Gasteiger partial charge in [0.05, 0.1) is 17.1 Å². The minimum Gasteiger partial charge on any atom is -0.396 e. The van der Waals surface area contributed by atoms with E-state index in [1.165, 1.54) is 0 Å². The summed E-state index contributed by atoms with van der Waals surface area (Å²) in [6.07, 6.45) is 3.52. The lowest BCUT2D eigenvalue weighted by atomic mass is 10.2. The van der Waals surface area contributed by atoms with E-state index in [0.29, 0.717) is 11.4 Å². The van der Waals surface area contributed by atoms with Gasteiger partial charge in [-0.25, -0.2) is 4.98 Å². The number of aliphatic imine (C=N–C) groups is 1. The molecule has 0 aromatic carbocycles. The number of rotatable bonds is 4. The molecule has 0 saturated carbocycles. The molecule has 0 spiro atoms. The van der Waals surface area contributed by atoms with Gasteiger partial charge in [-0.3, -0.25) is 4.99 Å². The summed E-state index contributed by atoms with van der Waals surface area (Å²) in [6.45, 7) is 9.70. The van der Waals surface area contributed by atoms with Gasteiger partial charge < -0.3 is 10.6 Å². The monoisotopic (exact) mass is 244 g/mol. The molecule has 1 aromatic heterocycles. The van der Waals surface area contributed by atoms with Crippen molar-refractivity contribution in [3.8, 4) is 0 Å². The highest BCUT2D eigenvalue weighted by Crippen LogP contribution is 2.18. The maximum absolute atomic E-state index is 6.01. The van der Waals surface area contributed by atoms with Crippen LogP contribution in [0.5, 0.6) is 0 Å². The van der Waals surface area contributed by atoms with Crippen LogP contribution < -0.4 is 10.6 Å². The molecule has 0 unspecified atom stereocenters. The van der Waals surface area contributed by atoms with Crippen molar-refractivity contribution in [2.45, 2.75) is 20.8 Å². The SMILES string of the molecule is C=C(/C(N)=C(\C)N=CC)N(C)c1ccc(C)cn1. The molecule has 0 amide bonds. The topological polar surface area (TPSA) is 54.5 Å². The molecule has 2 N–H and O–H groups in total. The standard InChI is InChI=1S/C14H20N4/c1-6-16-11(3)14(15)12(4)18(5)13-8-7-10(2)9-17-13/h6-9H,4,15H2,1-3,5H3/b14-11-,16-6?. The fourth-order valence-electron chi connectivity index (χ4n) is 1.45. The molecule has 1 rings (SSSR count). The quantitative estimate of drug-likeness (QED) is 0.654. The Morgan fingerprint density at radius 2 is 2.17 bits per heavy atom. The molecule has 4 heteroatoms. The van der Waals surface area contributed by atoms with E-state index in [4.69, 9.17) is 5.73 Å². The van der Waals surface area contributed by atoms with Crippen LogP contribution in [-0.4, -0.2) is 18.2 Å². The molecule has 96 valence electrons. The number of nitrogens with zero attached hydrogens (tertiary/aromatic N) is 3.